The van der Waals surface area contributed by atoms with Crippen LogP contribution in [0.25, 0.3) is 0 Å². The van der Waals surface area contributed by atoms with Gasteiger partial charge in [-0.25, -0.2) is 0 Å². The molecule has 1 N–H and O–H groups in total. The quantitative estimate of drug-likeness (QED) is 0.704. The van der Waals surface area contributed by atoms with Gasteiger partial charge in [0.25, 0.3) is 5.91 Å². The molecule has 0 unspecified atom stereocenters. The lowest BCUT2D eigenvalue weighted by molar-refractivity contribution is -0.143. The molecule has 1 aliphatic rings. The smallest absolute Gasteiger partial charge is 0.416 e. The highest BCUT2D eigenvalue weighted by Crippen LogP contribution is 2.39. The monoisotopic (exact) mass is 403 g/mol. The number of hydrogen-bond donors (Lipinski definition) is 1. The summed E-state index contributed by atoms with van der Waals surface area (Å²) in [5.74, 6) is -1.32. The van der Waals surface area contributed by atoms with Gasteiger partial charge in [-0.15, -0.1) is 0 Å². The molecule has 0 aliphatic heterocycles. The molecule has 1 amide bonds. The summed E-state index contributed by atoms with van der Waals surface area (Å²) in [6.45, 7) is 0. The van der Waals surface area contributed by atoms with Gasteiger partial charge >= 0.3 is 12.4 Å². The Morgan fingerprint density at radius 1 is 0.929 bits per heavy atom. The number of alkyl halides is 6. The van der Waals surface area contributed by atoms with E-state index in [2.05, 4.69) is 5.32 Å². The average Bonchev–Trinajstić information content (AvgIpc) is 3.42. The number of hydrogen-bond acceptors (Lipinski definition) is 2. The molecule has 1 atom stereocenters. The lowest BCUT2D eigenvalue weighted by Crippen LogP contribution is -2.34. The molecule has 2 aromatic rings. The Morgan fingerprint density at radius 3 is 1.93 bits per heavy atom. The van der Waals surface area contributed by atoms with E-state index in [4.69, 9.17) is 4.74 Å². The van der Waals surface area contributed by atoms with E-state index in [0.29, 0.717) is 17.7 Å². The van der Waals surface area contributed by atoms with Crippen molar-refractivity contribution in [3.63, 3.8) is 0 Å². The van der Waals surface area contributed by atoms with Gasteiger partial charge in [-0.05, 0) is 31.0 Å². The van der Waals surface area contributed by atoms with Crippen LogP contribution < -0.4 is 10.1 Å². The van der Waals surface area contributed by atoms with Gasteiger partial charge in [0.15, 0.2) is 0 Å². The first-order chi connectivity index (χ1) is 13.0. The molecule has 0 radical (unpaired) electrons. The number of carbonyl (C=O) groups is 1. The van der Waals surface area contributed by atoms with Crippen molar-refractivity contribution in [2.45, 2.75) is 37.3 Å². The lowest BCUT2D eigenvalue weighted by Gasteiger charge is -2.21. The van der Waals surface area contributed by atoms with Crippen molar-refractivity contribution in [3.8, 4) is 5.75 Å². The van der Waals surface area contributed by atoms with Crippen LogP contribution in [0, 0.1) is 0 Å². The van der Waals surface area contributed by atoms with Crippen LogP contribution in [0.4, 0.5) is 26.3 Å². The summed E-state index contributed by atoms with van der Waals surface area (Å²) in [5.41, 5.74) is -2.70. The van der Waals surface area contributed by atoms with Crippen LogP contribution >= 0.6 is 0 Å². The summed E-state index contributed by atoms with van der Waals surface area (Å²) in [4.78, 5) is 12.5. The van der Waals surface area contributed by atoms with Crippen LogP contribution in [0.1, 0.15) is 35.6 Å². The molecule has 28 heavy (non-hydrogen) atoms. The third kappa shape index (κ3) is 4.96. The molecule has 2 aromatic carbocycles. The number of amides is 1. The van der Waals surface area contributed by atoms with Crippen molar-refractivity contribution in [1.29, 1.82) is 0 Å². The maximum Gasteiger partial charge on any atom is 0.416 e. The maximum atomic E-state index is 13.0. The topological polar surface area (TPSA) is 38.3 Å². The van der Waals surface area contributed by atoms with Crippen molar-refractivity contribution in [2.24, 2.45) is 0 Å². The summed E-state index contributed by atoms with van der Waals surface area (Å²) in [6.07, 6.45) is -9.87. The zero-order valence-corrected chi connectivity index (χ0v) is 14.3. The van der Waals surface area contributed by atoms with Crippen LogP contribution in [0.5, 0.6) is 5.75 Å². The molecule has 1 fully saturated rings. The first-order valence-corrected chi connectivity index (χ1v) is 8.35. The molecule has 3 rings (SSSR count). The summed E-state index contributed by atoms with van der Waals surface area (Å²) >= 11 is 0. The van der Waals surface area contributed by atoms with Crippen LogP contribution in [0.15, 0.2) is 48.5 Å². The highest BCUT2D eigenvalue weighted by Gasteiger charge is 2.38. The molecule has 0 aromatic heterocycles. The van der Waals surface area contributed by atoms with Gasteiger partial charge in [-0.2, -0.15) is 26.3 Å². The molecule has 3 nitrogen and oxygen atoms in total. The molecule has 0 saturated heterocycles. The predicted molar refractivity (Wildman–Crippen MR) is 87.4 cm³/mol. The number of rotatable bonds is 5. The van der Waals surface area contributed by atoms with E-state index in [-0.39, 0.29) is 12.1 Å². The number of benzene rings is 2. The van der Waals surface area contributed by atoms with Crippen LogP contribution in [0.3, 0.4) is 0 Å². The second-order valence-corrected chi connectivity index (χ2v) is 6.43. The Bertz CT molecular complexity index is 811. The fourth-order valence-corrected chi connectivity index (χ4v) is 2.54. The van der Waals surface area contributed by atoms with E-state index in [1.54, 1.807) is 18.2 Å². The Balaban J connectivity index is 1.98. The summed E-state index contributed by atoms with van der Waals surface area (Å²) in [6, 6.07) is 8.71. The fourth-order valence-electron chi connectivity index (χ4n) is 2.54. The molecule has 1 saturated carbocycles. The standard InChI is InChI=1S/C19H15F6NO2/c20-18(21,22)12-8-13(19(23,24)25)10-15(9-12)28-16(11-4-2-1-3-5-11)17(27)26-14-6-7-14/h1-5,8-10,14,16H,6-7H2,(H,26,27)/t16-/m1/s1. The minimum atomic E-state index is -5.00. The van der Waals surface area contributed by atoms with Gasteiger partial charge in [0, 0.05) is 11.6 Å². The van der Waals surface area contributed by atoms with Gasteiger partial charge in [-0.1, -0.05) is 30.3 Å². The van der Waals surface area contributed by atoms with Crippen molar-refractivity contribution in [1.82, 2.24) is 5.32 Å². The van der Waals surface area contributed by atoms with Gasteiger partial charge in [-0.3, -0.25) is 4.79 Å². The average molecular weight is 403 g/mol. The highest BCUT2D eigenvalue weighted by atomic mass is 19.4. The lowest BCUT2D eigenvalue weighted by atomic mass is 10.1. The van der Waals surface area contributed by atoms with E-state index >= 15 is 0 Å². The Morgan fingerprint density at radius 2 is 1.46 bits per heavy atom. The Labute approximate surface area is 156 Å². The Hall–Kier alpha value is -2.71. The molecule has 0 bridgehead atoms. The van der Waals surface area contributed by atoms with E-state index in [1.165, 1.54) is 12.1 Å². The van der Waals surface area contributed by atoms with E-state index in [0.717, 1.165) is 12.8 Å². The summed E-state index contributed by atoms with van der Waals surface area (Å²) < 4.78 is 83.5. The molecule has 9 heteroatoms. The van der Waals surface area contributed by atoms with Crippen molar-refractivity contribution >= 4 is 5.91 Å². The summed E-state index contributed by atoms with van der Waals surface area (Å²) in [7, 11) is 0. The van der Waals surface area contributed by atoms with Gasteiger partial charge < -0.3 is 10.1 Å². The van der Waals surface area contributed by atoms with Crippen LogP contribution in [-0.2, 0) is 17.1 Å². The second kappa shape index (κ2) is 7.37. The largest absolute Gasteiger partial charge is 0.476 e. The van der Waals surface area contributed by atoms with Gasteiger partial charge in [0.1, 0.15) is 5.75 Å². The molecule has 150 valence electrons. The minimum Gasteiger partial charge on any atom is -0.476 e. The molecule has 1 aliphatic carbocycles. The van der Waals surface area contributed by atoms with Crippen molar-refractivity contribution < 1.29 is 35.9 Å². The van der Waals surface area contributed by atoms with Crippen molar-refractivity contribution in [3.05, 3.63) is 65.2 Å². The first kappa shape index (κ1) is 20.0. The third-order valence-electron chi connectivity index (χ3n) is 4.08. The zero-order chi connectivity index (χ0) is 20.5. The Kier molecular flexibility index (Phi) is 5.27. The minimum absolute atomic E-state index is 0.00858. The SMILES string of the molecule is O=C(NC1CC1)[C@H](Oc1cc(C(F)(F)F)cc(C(F)(F)F)c1)c1ccccc1. The van der Waals surface area contributed by atoms with Crippen molar-refractivity contribution in [2.75, 3.05) is 0 Å². The number of ether oxygens (including phenoxy) is 1. The number of carbonyl (C=O) groups excluding carboxylic acids is 1. The molecule has 0 heterocycles. The van der Waals surface area contributed by atoms with E-state index in [9.17, 15) is 31.1 Å². The number of halogens is 6. The number of nitrogens with one attached hydrogen (secondary N) is 1. The normalized spacial score (nSPS) is 15.8. The molecular weight excluding hydrogens is 388 g/mol. The van der Waals surface area contributed by atoms with Crippen LogP contribution in [-0.4, -0.2) is 11.9 Å². The summed E-state index contributed by atoms with van der Waals surface area (Å²) in [5, 5.41) is 2.65. The predicted octanol–water partition coefficient (Wildman–Crippen LogP) is 5.12. The van der Waals surface area contributed by atoms with Gasteiger partial charge in [0.2, 0.25) is 6.10 Å². The van der Waals surface area contributed by atoms with Gasteiger partial charge in [0.05, 0.1) is 11.1 Å². The molecule has 0 spiro atoms. The fraction of sp³-hybridized carbons (Fsp3) is 0.316. The molecular formula is C19H15F6NO2. The maximum absolute atomic E-state index is 13.0. The van der Waals surface area contributed by atoms with E-state index < -0.39 is 41.2 Å². The first-order valence-electron chi connectivity index (χ1n) is 8.35. The van der Waals surface area contributed by atoms with E-state index in [1.807, 2.05) is 0 Å². The zero-order valence-electron chi connectivity index (χ0n) is 14.3. The van der Waals surface area contributed by atoms with Crippen LogP contribution in [0.2, 0.25) is 0 Å². The highest BCUT2D eigenvalue weighted by molar-refractivity contribution is 5.83. The third-order valence-corrected chi connectivity index (χ3v) is 4.08. The second-order valence-electron chi connectivity index (χ2n) is 6.43.